The lowest BCUT2D eigenvalue weighted by atomic mass is 10.2. The average Bonchev–Trinajstić information content (AvgIpc) is 2.67. The Morgan fingerprint density at radius 3 is 2.67 bits per heavy atom. The van der Waals surface area contributed by atoms with Crippen LogP contribution in [0.4, 0.5) is 0 Å². The van der Waals surface area contributed by atoms with Gasteiger partial charge in [0.15, 0.2) is 9.84 Å². The first-order valence-electron chi connectivity index (χ1n) is 6.60. The molecule has 1 aliphatic heterocycles. The van der Waals surface area contributed by atoms with E-state index in [1.54, 1.807) is 0 Å². The van der Waals surface area contributed by atoms with Crippen molar-refractivity contribution in [3.63, 3.8) is 0 Å². The fraction of sp³-hybridized carbons (Fsp3) is 1.00. The summed E-state index contributed by atoms with van der Waals surface area (Å²) in [7, 11) is -3.23. The van der Waals surface area contributed by atoms with Crippen LogP contribution < -0.4 is 5.32 Å². The fourth-order valence-electron chi connectivity index (χ4n) is 2.02. The van der Waals surface area contributed by atoms with Crippen LogP contribution in [-0.4, -0.2) is 56.9 Å². The Morgan fingerprint density at radius 1 is 1.39 bits per heavy atom. The predicted molar refractivity (Wildman–Crippen MR) is 71.3 cm³/mol. The van der Waals surface area contributed by atoms with Crippen LogP contribution >= 0.6 is 0 Å². The minimum absolute atomic E-state index is 0.0360. The van der Waals surface area contributed by atoms with Crippen molar-refractivity contribution in [1.29, 1.82) is 0 Å². The molecule has 0 aromatic heterocycles. The fourth-order valence-corrected chi connectivity index (χ4v) is 3.69. The Labute approximate surface area is 110 Å². The molecule has 1 saturated heterocycles. The van der Waals surface area contributed by atoms with Crippen LogP contribution in [0.1, 0.15) is 26.7 Å². The zero-order chi connectivity index (χ0) is 13.6. The molecule has 5 nitrogen and oxygen atoms in total. The first kappa shape index (κ1) is 15.9. The summed E-state index contributed by atoms with van der Waals surface area (Å²) >= 11 is 0. The van der Waals surface area contributed by atoms with Crippen LogP contribution in [0.5, 0.6) is 0 Å². The second kappa shape index (κ2) is 7.43. The van der Waals surface area contributed by atoms with E-state index in [1.807, 2.05) is 0 Å². The molecule has 0 aromatic rings. The van der Waals surface area contributed by atoms with Crippen molar-refractivity contribution in [2.24, 2.45) is 5.92 Å². The van der Waals surface area contributed by atoms with Gasteiger partial charge < -0.3 is 15.2 Å². The van der Waals surface area contributed by atoms with Gasteiger partial charge in [-0.15, -0.1) is 0 Å². The van der Waals surface area contributed by atoms with Gasteiger partial charge in [0.25, 0.3) is 0 Å². The highest BCUT2D eigenvalue weighted by Crippen LogP contribution is 2.14. The van der Waals surface area contributed by atoms with E-state index in [0.717, 1.165) is 19.4 Å². The SMILES string of the molecule is CC(C)CNCC(O)CS(=O)(=O)CC1CCCO1. The summed E-state index contributed by atoms with van der Waals surface area (Å²) in [6.45, 7) is 5.88. The standard InChI is InChI=1S/C12H25NO4S/c1-10(2)6-13-7-11(14)8-18(15,16)9-12-4-3-5-17-12/h10-14H,3-9H2,1-2H3. The van der Waals surface area contributed by atoms with Gasteiger partial charge in [-0.2, -0.15) is 0 Å². The number of nitrogens with one attached hydrogen (secondary N) is 1. The van der Waals surface area contributed by atoms with Crippen LogP contribution in [0.15, 0.2) is 0 Å². The number of ether oxygens (including phenoxy) is 1. The molecule has 2 unspecified atom stereocenters. The van der Waals surface area contributed by atoms with Gasteiger partial charge in [-0.05, 0) is 25.3 Å². The topological polar surface area (TPSA) is 75.6 Å². The molecular weight excluding hydrogens is 254 g/mol. The van der Waals surface area contributed by atoms with Crippen molar-refractivity contribution in [1.82, 2.24) is 5.32 Å². The van der Waals surface area contributed by atoms with E-state index in [-0.39, 0.29) is 17.6 Å². The summed E-state index contributed by atoms with van der Waals surface area (Å²) in [6, 6.07) is 0. The van der Waals surface area contributed by atoms with Crippen molar-refractivity contribution < 1.29 is 18.3 Å². The molecule has 0 amide bonds. The molecule has 0 aromatic carbocycles. The predicted octanol–water partition coefficient (Wildman–Crippen LogP) is 0.187. The Hall–Kier alpha value is -0.170. The van der Waals surface area contributed by atoms with Crippen molar-refractivity contribution in [3.8, 4) is 0 Å². The minimum atomic E-state index is -3.23. The van der Waals surface area contributed by atoms with E-state index < -0.39 is 15.9 Å². The summed E-state index contributed by atoms with van der Waals surface area (Å²) in [4.78, 5) is 0. The van der Waals surface area contributed by atoms with Crippen LogP contribution in [0.2, 0.25) is 0 Å². The first-order valence-corrected chi connectivity index (χ1v) is 8.42. The van der Waals surface area contributed by atoms with Crippen LogP contribution in [0, 0.1) is 5.92 Å². The van der Waals surface area contributed by atoms with E-state index in [0.29, 0.717) is 19.1 Å². The van der Waals surface area contributed by atoms with Crippen LogP contribution in [-0.2, 0) is 14.6 Å². The highest BCUT2D eigenvalue weighted by Gasteiger charge is 2.25. The quantitative estimate of drug-likeness (QED) is 0.663. The lowest BCUT2D eigenvalue weighted by molar-refractivity contribution is 0.127. The van der Waals surface area contributed by atoms with E-state index in [2.05, 4.69) is 19.2 Å². The van der Waals surface area contributed by atoms with E-state index >= 15 is 0 Å². The molecule has 2 atom stereocenters. The van der Waals surface area contributed by atoms with E-state index in [9.17, 15) is 13.5 Å². The number of hydrogen-bond acceptors (Lipinski definition) is 5. The van der Waals surface area contributed by atoms with Gasteiger partial charge in [0.05, 0.1) is 23.7 Å². The van der Waals surface area contributed by atoms with Crippen molar-refractivity contribution >= 4 is 9.84 Å². The Kier molecular flexibility index (Phi) is 6.55. The number of hydrogen-bond donors (Lipinski definition) is 2. The smallest absolute Gasteiger partial charge is 0.155 e. The Balaban J connectivity index is 2.25. The molecule has 18 heavy (non-hydrogen) atoms. The molecule has 1 heterocycles. The monoisotopic (exact) mass is 279 g/mol. The van der Waals surface area contributed by atoms with Crippen LogP contribution in [0.25, 0.3) is 0 Å². The van der Waals surface area contributed by atoms with Crippen molar-refractivity contribution in [2.75, 3.05) is 31.2 Å². The normalized spacial score (nSPS) is 22.6. The van der Waals surface area contributed by atoms with Gasteiger partial charge in [0, 0.05) is 13.2 Å². The lowest BCUT2D eigenvalue weighted by Gasteiger charge is -2.15. The molecule has 0 saturated carbocycles. The third-order valence-corrected chi connectivity index (χ3v) is 4.61. The number of sulfone groups is 1. The van der Waals surface area contributed by atoms with Gasteiger partial charge in [0.2, 0.25) is 0 Å². The van der Waals surface area contributed by atoms with E-state index in [4.69, 9.17) is 4.74 Å². The largest absolute Gasteiger partial charge is 0.391 e. The number of rotatable bonds is 8. The van der Waals surface area contributed by atoms with Gasteiger partial charge in [-0.3, -0.25) is 0 Å². The maximum atomic E-state index is 11.8. The van der Waals surface area contributed by atoms with Crippen molar-refractivity contribution in [3.05, 3.63) is 0 Å². The third kappa shape index (κ3) is 6.68. The third-order valence-electron chi connectivity index (χ3n) is 2.84. The van der Waals surface area contributed by atoms with Gasteiger partial charge in [-0.25, -0.2) is 8.42 Å². The Bertz CT molecular complexity index is 323. The molecule has 1 fully saturated rings. The summed E-state index contributed by atoms with van der Waals surface area (Å²) in [5.74, 6) is 0.340. The second-order valence-corrected chi connectivity index (χ2v) is 7.57. The minimum Gasteiger partial charge on any atom is -0.391 e. The van der Waals surface area contributed by atoms with Crippen LogP contribution in [0.3, 0.4) is 0 Å². The van der Waals surface area contributed by atoms with Gasteiger partial charge in [-0.1, -0.05) is 13.8 Å². The maximum absolute atomic E-state index is 11.8. The molecular formula is C12H25NO4S. The van der Waals surface area contributed by atoms with Gasteiger partial charge in [0.1, 0.15) is 0 Å². The molecule has 0 aliphatic carbocycles. The second-order valence-electron chi connectivity index (χ2n) is 5.42. The highest BCUT2D eigenvalue weighted by atomic mass is 32.2. The lowest BCUT2D eigenvalue weighted by Crippen LogP contribution is -2.36. The molecule has 1 aliphatic rings. The molecule has 2 N–H and O–H groups in total. The molecule has 6 heteroatoms. The average molecular weight is 279 g/mol. The van der Waals surface area contributed by atoms with Crippen molar-refractivity contribution in [2.45, 2.75) is 38.9 Å². The number of aliphatic hydroxyl groups excluding tert-OH is 1. The molecule has 108 valence electrons. The zero-order valence-corrected chi connectivity index (χ0v) is 12.1. The van der Waals surface area contributed by atoms with Gasteiger partial charge >= 0.3 is 0 Å². The zero-order valence-electron chi connectivity index (χ0n) is 11.3. The summed E-state index contributed by atoms with van der Waals surface area (Å²) in [5.41, 5.74) is 0. The summed E-state index contributed by atoms with van der Waals surface area (Å²) < 4.78 is 29.0. The number of aliphatic hydroxyl groups is 1. The first-order chi connectivity index (χ1) is 8.39. The molecule has 0 radical (unpaired) electrons. The highest BCUT2D eigenvalue weighted by molar-refractivity contribution is 7.91. The summed E-state index contributed by atoms with van der Waals surface area (Å²) in [6.07, 6.45) is 0.723. The molecule has 0 spiro atoms. The molecule has 1 rings (SSSR count). The Morgan fingerprint density at radius 2 is 2.11 bits per heavy atom. The summed E-state index contributed by atoms with van der Waals surface area (Å²) in [5, 5.41) is 12.7. The van der Waals surface area contributed by atoms with E-state index in [1.165, 1.54) is 0 Å². The maximum Gasteiger partial charge on any atom is 0.155 e. The molecule has 0 bridgehead atoms.